The molecular formula is C21H22N2O2. The summed E-state index contributed by atoms with van der Waals surface area (Å²) >= 11 is 0. The maximum absolute atomic E-state index is 11.0. The van der Waals surface area contributed by atoms with Crippen LogP contribution in [0.25, 0.3) is 22.2 Å². The fourth-order valence-corrected chi connectivity index (χ4v) is 3.84. The van der Waals surface area contributed by atoms with E-state index in [1.54, 1.807) is 12.1 Å². The molecule has 1 aliphatic rings. The van der Waals surface area contributed by atoms with E-state index in [2.05, 4.69) is 27.8 Å². The lowest BCUT2D eigenvalue weighted by Gasteiger charge is -2.22. The standard InChI is InChI=1S/C21H22N2O2/c24-21(25)17-8-6-16(7-9-17)18-10-11-20-19(12-18)22-14-23(20)13-15-4-2-1-3-5-15/h6-12,14-15H,1-5,13H2,(H,24,25). The molecule has 1 fully saturated rings. The van der Waals surface area contributed by atoms with Crippen molar-refractivity contribution in [2.45, 2.75) is 38.6 Å². The molecule has 0 saturated heterocycles. The molecule has 4 heteroatoms. The minimum Gasteiger partial charge on any atom is -0.478 e. The lowest BCUT2D eigenvalue weighted by molar-refractivity contribution is 0.0697. The Balaban J connectivity index is 1.59. The Morgan fingerprint density at radius 2 is 1.76 bits per heavy atom. The number of nitrogens with zero attached hydrogens (tertiary/aromatic N) is 2. The zero-order chi connectivity index (χ0) is 17.2. The molecule has 1 aliphatic carbocycles. The Labute approximate surface area is 147 Å². The summed E-state index contributed by atoms with van der Waals surface area (Å²) in [6.45, 7) is 1.06. The van der Waals surface area contributed by atoms with Crippen molar-refractivity contribution in [3.63, 3.8) is 0 Å². The van der Waals surface area contributed by atoms with Crippen molar-refractivity contribution in [1.82, 2.24) is 9.55 Å². The van der Waals surface area contributed by atoms with Gasteiger partial charge in [0.05, 0.1) is 22.9 Å². The normalized spacial score (nSPS) is 15.5. The number of benzene rings is 2. The molecule has 0 amide bonds. The number of aromatic carboxylic acids is 1. The van der Waals surface area contributed by atoms with Gasteiger partial charge in [0.2, 0.25) is 0 Å². The number of carbonyl (C=O) groups is 1. The van der Waals surface area contributed by atoms with Gasteiger partial charge in [0.1, 0.15) is 0 Å². The van der Waals surface area contributed by atoms with E-state index in [-0.39, 0.29) is 0 Å². The van der Waals surface area contributed by atoms with Crippen LogP contribution in [0.15, 0.2) is 48.8 Å². The smallest absolute Gasteiger partial charge is 0.335 e. The highest BCUT2D eigenvalue weighted by molar-refractivity contribution is 5.89. The first-order valence-electron chi connectivity index (χ1n) is 8.99. The van der Waals surface area contributed by atoms with Crippen LogP contribution in [0.4, 0.5) is 0 Å². The van der Waals surface area contributed by atoms with Crippen LogP contribution in [0, 0.1) is 5.92 Å². The van der Waals surface area contributed by atoms with E-state index in [1.807, 2.05) is 18.5 Å². The molecule has 1 heterocycles. The van der Waals surface area contributed by atoms with Gasteiger partial charge in [-0.25, -0.2) is 9.78 Å². The minimum atomic E-state index is -0.900. The van der Waals surface area contributed by atoms with Crippen molar-refractivity contribution in [2.75, 3.05) is 0 Å². The van der Waals surface area contributed by atoms with Crippen LogP contribution in [0.2, 0.25) is 0 Å². The van der Waals surface area contributed by atoms with E-state index in [1.165, 1.54) is 37.6 Å². The molecule has 4 nitrogen and oxygen atoms in total. The summed E-state index contributed by atoms with van der Waals surface area (Å²) in [6.07, 6.45) is 8.70. The molecule has 0 unspecified atom stereocenters. The molecule has 0 bridgehead atoms. The van der Waals surface area contributed by atoms with Gasteiger partial charge in [-0.15, -0.1) is 0 Å². The zero-order valence-corrected chi connectivity index (χ0v) is 14.2. The molecule has 0 radical (unpaired) electrons. The molecule has 1 saturated carbocycles. The zero-order valence-electron chi connectivity index (χ0n) is 14.2. The van der Waals surface area contributed by atoms with E-state index >= 15 is 0 Å². The summed E-state index contributed by atoms with van der Waals surface area (Å²) in [5, 5.41) is 9.01. The number of hydrogen-bond donors (Lipinski definition) is 1. The number of fused-ring (bicyclic) bond motifs is 1. The third-order valence-corrected chi connectivity index (χ3v) is 5.27. The van der Waals surface area contributed by atoms with Crippen molar-refractivity contribution in [3.05, 3.63) is 54.4 Å². The lowest BCUT2D eigenvalue weighted by Crippen LogP contribution is -2.13. The fraction of sp³-hybridized carbons (Fsp3) is 0.333. The molecule has 0 spiro atoms. The molecule has 1 N–H and O–H groups in total. The van der Waals surface area contributed by atoms with E-state index in [0.717, 1.165) is 29.1 Å². The van der Waals surface area contributed by atoms with Crippen molar-refractivity contribution in [3.8, 4) is 11.1 Å². The summed E-state index contributed by atoms with van der Waals surface area (Å²) in [5.74, 6) is -0.127. The topological polar surface area (TPSA) is 55.1 Å². The maximum Gasteiger partial charge on any atom is 0.335 e. The van der Waals surface area contributed by atoms with E-state index in [9.17, 15) is 4.79 Å². The Bertz CT molecular complexity index is 890. The maximum atomic E-state index is 11.0. The van der Waals surface area contributed by atoms with Gasteiger partial charge in [0, 0.05) is 6.54 Å². The van der Waals surface area contributed by atoms with Gasteiger partial charge in [-0.3, -0.25) is 0 Å². The van der Waals surface area contributed by atoms with E-state index < -0.39 is 5.97 Å². The largest absolute Gasteiger partial charge is 0.478 e. The summed E-state index contributed by atoms with van der Waals surface area (Å²) in [6, 6.07) is 13.3. The molecule has 3 aromatic rings. The van der Waals surface area contributed by atoms with Gasteiger partial charge in [-0.1, -0.05) is 37.5 Å². The van der Waals surface area contributed by atoms with Gasteiger partial charge >= 0.3 is 5.97 Å². The minimum absolute atomic E-state index is 0.307. The Morgan fingerprint density at radius 3 is 2.48 bits per heavy atom. The highest BCUT2D eigenvalue weighted by atomic mass is 16.4. The number of carboxylic acid groups (broad SMARTS) is 1. The van der Waals surface area contributed by atoms with Gasteiger partial charge in [0.15, 0.2) is 0 Å². The third-order valence-electron chi connectivity index (χ3n) is 5.27. The van der Waals surface area contributed by atoms with Crippen molar-refractivity contribution in [1.29, 1.82) is 0 Å². The molecule has 4 rings (SSSR count). The van der Waals surface area contributed by atoms with Crippen LogP contribution in [0.3, 0.4) is 0 Å². The molecule has 2 aromatic carbocycles. The number of hydrogen-bond acceptors (Lipinski definition) is 2. The molecule has 128 valence electrons. The monoisotopic (exact) mass is 334 g/mol. The van der Waals surface area contributed by atoms with Crippen LogP contribution in [0.1, 0.15) is 42.5 Å². The van der Waals surface area contributed by atoms with Crippen LogP contribution in [-0.4, -0.2) is 20.6 Å². The first-order valence-corrected chi connectivity index (χ1v) is 8.99. The summed E-state index contributed by atoms with van der Waals surface area (Å²) < 4.78 is 2.28. The first kappa shape index (κ1) is 15.9. The molecule has 0 atom stereocenters. The summed E-state index contributed by atoms with van der Waals surface area (Å²) in [5.41, 5.74) is 4.55. The number of aromatic nitrogens is 2. The number of rotatable bonds is 4. The predicted octanol–water partition coefficient (Wildman–Crippen LogP) is 4.98. The van der Waals surface area contributed by atoms with Crippen LogP contribution in [0.5, 0.6) is 0 Å². The highest BCUT2D eigenvalue weighted by Crippen LogP contribution is 2.28. The predicted molar refractivity (Wildman–Crippen MR) is 98.7 cm³/mol. The number of imidazole rings is 1. The lowest BCUT2D eigenvalue weighted by atomic mass is 9.89. The van der Waals surface area contributed by atoms with Gasteiger partial charge in [-0.2, -0.15) is 0 Å². The number of carboxylic acids is 1. The van der Waals surface area contributed by atoms with Gasteiger partial charge in [-0.05, 0) is 54.2 Å². The van der Waals surface area contributed by atoms with E-state index in [0.29, 0.717) is 5.56 Å². The average Bonchev–Trinajstić information content (AvgIpc) is 3.05. The summed E-state index contributed by atoms with van der Waals surface area (Å²) in [4.78, 5) is 15.6. The fourth-order valence-electron chi connectivity index (χ4n) is 3.84. The Morgan fingerprint density at radius 1 is 1.04 bits per heavy atom. The van der Waals surface area contributed by atoms with Crippen molar-refractivity contribution >= 4 is 17.0 Å². The summed E-state index contributed by atoms with van der Waals surface area (Å²) in [7, 11) is 0. The molecule has 25 heavy (non-hydrogen) atoms. The SMILES string of the molecule is O=C(O)c1ccc(-c2ccc3c(c2)ncn3CC2CCCCC2)cc1. The second kappa shape index (κ2) is 6.71. The second-order valence-corrected chi connectivity index (χ2v) is 6.99. The van der Waals surface area contributed by atoms with Crippen LogP contribution < -0.4 is 0 Å². The van der Waals surface area contributed by atoms with Crippen molar-refractivity contribution in [2.24, 2.45) is 5.92 Å². The van der Waals surface area contributed by atoms with Crippen LogP contribution >= 0.6 is 0 Å². The Kier molecular flexibility index (Phi) is 4.26. The highest BCUT2D eigenvalue weighted by Gasteiger charge is 2.15. The van der Waals surface area contributed by atoms with Crippen LogP contribution in [-0.2, 0) is 6.54 Å². The second-order valence-electron chi connectivity index (χ2n) is 6.99. The quantitative estimate of drug-likeness (QED) is 0.732. The third kappa shape index (κ3) is 3.29. The van der Waals surface area contributed by atoms with Crippen molar-refractivity contribution < 1.29 is 9.90 Å². The first-order chi connectivity index (χ1) is 12.2. The average molecular weight is 334 g/mol. The van der Waals surface area contributed by atoms with Gasteiger partial charge < -0.3 is 9.67 Å². The molecule has 1 aromatic heterocycles. The van der Waals surface area contributed by atoms with E-state index in [4.69, 9.17) is 5.11 Å². The molecule has 0 aliphatic heterocycles. The van der Waals surface area contributed by atoms with Gasteiger partial charge in [0.25, 0.3) is 0 Å². The molecular weight excluding hydrogens is 312 g/mol. The Hall–Kier alpha value is -2.62.